The largest absolute Gasteiger partial charge is 0.478 e. The zero-order valence-corrected chi connectivity index (χ0v) is 10.3. The molecular weight excluding hydrogens is 238 g/mol. The minimum absolute atomic E-state index is 0.236. The van der Waals surface area contributed by atoms with Gasteiger partial charge in [-0.05, 0) is 30.9 Å². The summed E-state index contributed by atoms with van der Waals surface area (Å²) < 4.78 is 5.30. The van der Waals surface area contributed by atoms with E-state index in [1.54, 1.807) is 23.9 Å². The number of carbonyl (C=O) groups is 1. The summed E-state index contributed by atoms with van der Waals surface area (Å²) in [4.78, 5) is 14.8. The second kappa shape index (κ2) is 6.02. The van der Waals surface area contributed by atoms with E-state index in [0.29, 0.717) is 5.92 Å². The molecule has 1 fully saturated rings. The van der Waals surface area contributed by atoms with Crippen molar-refractivity contribution in [2.45, 2.75) is 17.9 Å². The van der Waals surface area contributed by atoms with Gasteiger partial charge in [-0.15, -0.1) is 11.8 Å². The summed E-state index contributed by atoms with van der Waals surface area (Å²) in [7, 11) is 0. The van der Waals surface area contributed by atoms with Gasteiger partial charge in [0.25, 0.3) is 0 Å². The molecule has 1 aromatic rings. The Morgan fingerprint density at radius 1 is 1.47 bits per heavy atom. The molecule has 0 spiro atoms. The van der Waals surface area contributed by atoms with Crippen LogP contribution >= 0.6 is 11.8 Å². The molecule has 0 atom stereocenters. The molecule has 5 heteroatoms. The van der Waals surface area contributed by atoms with Gasteiger partial charge in [-0.1, -0.05) is 0 Å². The van der Waals surface area contributed by atoms with Gasteiger partial charge in [-0.2, -0.15) is 0 Å². The number of aromatic carboxylic acids is 1. The Balaban J connectivity index is 1.84. The van der Waals surface area contributed by atoms with Gasteiger partial charge in [0.05, 0.1) is 10.6 Å². The molecule has 0 aromatic carbocycles. The molecule has 0 saturated carbocycles. The number of thioether (sulfide) groups is 1. The molecule has 1 N–H and O–H groups in total. The highest BCUT2D eigenvalue weighted by Gasteiger charge is 2.14. The molecule has 0 bridgehead atoms. The summed E-state index contributed by atoms with van der Waals surface area (Å²) in [5, 5.41) is 9.64. The topological polar surface area (TPSA) is 59.4 Å². The number of carboxylic acids is 1. The first-order valence-corrected chi connectivity index (χ1v) is 6.64. The number of nitrogens with zero attached hydrogens (tertiary/aromatic N) is 1. The van der Waals surface area contributed by atoms with Crippen LogP contribution in [0.2, 0.25) is 0 Å². The highest BCUT2D eigenvalue weighted by molar-refractivity contribution is 7.99. The standard InChI is InChI=1S/C12H15NO3S/c14-12(15)10-1-2-11(13-7-10)17-8-9-3-5-16-6-4-9/h1-2,7,9H,3-6,8H2,(H,14,15). The molecule has 92 valence electrons. The third-order valence-corrected chi connectivity index (χ3v) is 3.97. The van der Waals surface area contributed by atoms with Crippen LogP contribution in [0.15, 0.2) is 23.4 Å². The third kappa shape index (κ3) is 3.71. The molecule has 17 heavy (non-hydrogen) atoms. The Morgan fingerprint density at radius 2 is 2.24 bits per heavy atom. The number of rotatable bonds is 4. The lowest BCUT2D eigenvalue weighted by atomic mass is 10.0. The average molecular weight is 253 g/mol. The SMILES string of the molecule is O=C(O)c1ccc(SCC2CCOCC2)nc1. The summed E-state index contributed by atoms with van der Waals surface area (Å²) >= 11 is 1.69. The predicted molar refractivity (Wildman–Crippen MR) is 65.5 cm³/mol. The zero-order valence-electron chi connectivity index (χ0n) is 9.46. The van der Waals surface area contributed by atoms with Crippen LogP contribution in [-0.2, 0) is 4.74 Å². The molecule has 0 amide bonds. The lowest BCUT2D eigenvalue weighted by molar-refractivity contribution is 0.0695. The van der Waals surface area contributed by atoms with E-state index in [0.717, 1.165) is 36.8 Å². The first kappa shape index (κ1) is 12.4. The van der Waals surface area contributed by atoms with Crippen LogP contribution in [0.5, 0.6) is 0 Å². The fourth-order valence-corrected chi connectivity index (χ4v) is 2.74. The quantitative estimate of drug-likeness (QED) is 0.834. The van der Waals surface area contributed by atoms with Gasteiger partial charge in [-0.3, -0.25) is 0 Å². The fourth-order valence-electron chi connectivity index (χ4n) is 1.71. The van der Waals surface area contributed by atoms with Crippen LogP contribution in [0.4, 0.5) is 0 Å². The lowest BCUT2D eigenvalue weighted by Crippen LogP contribution is -2.17. The minimum Gasteiger partial charge on any atom is -0.478 e. The van der Waals surface area contributed by atoms with Crippen molar-refractivity contribution in [2.24, 2.45) is 5.92 Å². The Kier molecular flexibility index (Phi) is 4.39. The van der Waals surface area contributed by atoms with Gasteiger partial charge in [0.1, 0.15) is 0 Å². The number of hydrogen-bond donors (Lipinski definition) is 1. The highest BCUT2D eigenvalue weighted by Crippen LogP contribution is 2.24. The molecule has 2 rings (SSSR count). The van der Waals surface area contributed by atoms with Gasteiger partial charge in [0, 0.05) is 25.2 Å². The number of carboxylic acid groups (broad SMARTS) is 1. The van der Waals surface area contributed by atoms with E-state index in [-0.39, 0.29) is 5.56 Å². The van der Waals surface area contributed by atoms with Crippen molar-refractivity contribution in [2.75, 3.05) is 19.0 Å². The zero-order chi connectivity index (χ0) is 12.1. The van der Waals surface area contributed by atoms with Crippen molar-refractivity contribution in [1.82, 2.24) is 4.98 Å². The molecule has 1 aliphatic rings. The first-order chi connectivity index (χ1) is 8.25. The Hall–Kier alpha value is -1.07. The average Bonchev–Trinajstić information content (AvgIpc) is 2.38. The van der Waals surface area contributed by atoms with E-state index < -0.39 is 5.97 Å². The van der Waals surface area contributed by atoms with Gasteiger partial charge in [0.2, 0.25) is 0 Å². The molecule has 0 radical (unpaired) electrons. The van der Waals surface area contributed by atoms with E-state index in [1.165, 1.54) is 6.20 Å². The van der Waals surface area contributed by atoms with Crippen molar-refractivity contribution >= 4 is 17.7 Å². The summed E-state index contributed by atoms with van der Waals surface area (Å²) in [6.45, 7) is 1.72. The van der Waals surface area contributed by atoms with Gasteiger partial charge in [0.15, 0.2) is 0 Å². The van der Waals surface area contributed by atoms with E-state index >= 15 is 0 Å². The molecule has 1 aromatic heterocycles. The van der Waals surface area contributed by atoms with Crippen LogP contribution in [0, 0.1) is 5.92 Å². The van der Waals surface area contributed by atoms with Crippen LogP contribution in [-0.4, -0.2) is 35.0 Å². The molecule has 1 aliphatic heterocycles. The summed E-state index contributed by atoms with van der Waals surface area (Å²) in [6, 6.07) is 3.37. The van der Waals surface area contributed by atoms with Crippen LogP contribution in [0.3, 0.4) is 0 Å². The third-order valence-electron chi connectivity index (χ3n) is 2.79. The number of hydrogen-bond acceptors (Lipinski definition) is 4. The monoisotopic (exact) mass is 253 g/mol. The summed E-state index contributed by atoms with van der Waals surface area (Å²) in [5.74, 6) is 0.788. The summed E-state index contributed by atoms with van der Waals surface area (Å²) in [6.07, 6.45) is 3.63. The molecule has 2 heterocycles. The predicted octanol–water partition coefficient (Wildman–Crippen LogP) is 2.30. The highest BCUT2D eigenvalue weighted by atomic mass is 32.2. The summed E-state index contributed by atoms with van der Waals surface area (Å²) in [5.41, 5.74) is 0.236. The molecule has 4 nitrogen and oxygen atoms in total. The van der Waals surface area contributed by atoms with Crippen LogP contribution in [0.1, 0.15) is 23.2 Å². The fraction of sp³-hybridized carbons (Fsp3) is 0.500. The number of aromatic nitrogens is 1. The number of ether oxygens (including phenoxy) is 1. The Morgan fingerprint density at radius 3 is 2.82 bits per heavy atom. The maximum atomic E-state index is 10.7. The van der Waals surface area contributed by atoms with Gasteiger partial charge >= 0.3 is 5.97 Å². The number of pyridine rings is 1. The Bertz CT molecular complexity index is 374. The maximum Gasteiger partial charge on any atom is 0.337 e. The molecular formula is C12H15NO3S. The van der Waals surface area contributed by atoms with E-state index in [1.807, 2.05) is 0 Å². The van der Waals surface area contributed by atoms with Crippen LogP contribution in [0.25, 0.3) is 0 Å². The van der Waals surface area contributed by atoms with E-state index in [4.69, 9.17) is 9.84 Å². The molecule has 1 saturated heterocycles. The molecule has 0 unspecified atom stereocenters. The van der Waals surface area contributed by atoms with Crippen molar-refractivity contribution in [3.05, 3.63) is 23.9 Å². The minimum atomic E-state index is -0.932. The van der Waals surface area contributed by atoms with Crippen molar-refractivity contribution < 1.29 is 14.6 Å². The van der Waals surface area contributed by atoms with Crippen molar-refractivity contribution in [3.63, 3.8) is 0 Å². The second-order valence-electron chi connectivity index (χ2n) is 4.06. The van der Waals surface area contributed by atoms with Crippen LogP contribution < -0.4 is 0 Å². The molecule has 0 aliphatic carbocycles. The normalized spacial score (nSPS) is 16.9. The van der Waals surface area contributed by atoms with Crippen molar-refractivity contribution in [3.8, 4) is 0 Å². The Labute approximate surface area is 104 Å². The second-order valence-corrected chi connectivity index (χ2v) is 5.10. The van der Waals surface area contributed by atoms with E-state index in [9.17, 15) is 4.79 Å². The first-order valence-electron chi connectivity index (χ1n) is 5.65. The lowest BCUT2D eigenvalue weighted by Gasteiger charge is -2.21. The van der Waals surface area contributed by atoms with Gasteiger partial charge in [-0.25, -0.2) is 9.78 Å². The van der Waals surface area contributed by atoms with E-state index in [2.05, 4.69) is 4.98 Å². The smallest absolute Gasteiger partial charge is 0.337 e. The van der Waals surface area contributed by atoms with Crippen molar-refractivity contribution in [1.29, 1.82) is 0 Å². The maximum absolute atomic E-state index is 10.7. The van der Waals surface area contributed by atoms with Gasteiger partial charge < -0.3 is 9.84 Å².